The van der Waals surface area contributed by atoms with Gasteiger partial charge in [0.05, 0.1) is 12.1 Å². The van der Waals surface area contributed by atoms with Gasteiger partial charge in [-0.15, -0.1) is 0 Å². The molecule has 0 aliphatic rings. The first-order valence-corrected chi connectivity index (χ1v) is 6.22. The lowest BCUT2D eigenvalue weighted by Crippen LogP contribution is -2.24. The van der Waals surface area contributed by atoms with E-state index in [-0.39, 0.29) is 17.7 Å². The minimum absolute atomic E-state index is 0.0360. The number of benzene rings is 1. The molecule has 0 aliphatic heterocycles. The van der Waals surface area contributed by atoms with Crippen molar-refractivity contribution < 1.29 is 4.39 Å². The number of aryl methyl sites for hydroxylation is 1. The lowest BCUT2D eigenvalue weighted by molar-refractivity contribution is 0.621. The molecule has 0 atom stereocenters. The molecule has 0 fully saturated rings. The van der Waals surface area contributed by atoms with E-state index in [0.717, 1.165) is 0 Å². The lowest BCUT2D eigenvalue weighted by Gasteiger charge is -2.09. The first kappa shape index (κ1) is 13.4. The molecule has 0 saturated carbocycles. The molecule has 0 N–H and O–H groups in total. The first-order valence-electron chi connectivity index (χ1n) is 5.43. The smallest absolute Gasteiger partial charge is 0.268 e. The van der Waals surface area contributed by atoms with Crippen molar-refractivity contribution in [3.8, 4) is 6.07 Å². The Morgan fingerprint density at radius 2 is 2.26 bits per heavy atom. The summed E-state index contributed by atoms with van der Waals surface area (Å²) in [6.07, 6.45) is 1.44. The third-order valence-electron chi connectivity index (χ3n) is 2.70. The lowest BCUT2D eigenvalue weighted by atomic mass is 10.1. The minimum atomic E-state index is -0.567. The molecule has 0 saturated heterocycles. The normalized spacial score (nSPS) is 10.2. The molecule has 6 heteroatoms. The van der Waals surface area contributed by atoms with E-state index in [9.17, 15) is 9.18 Å². The molecule has 0 unspecified atom stereocenters. The van der Waals surface area contributed by atoms with Crippen molar-refractivity contribution in [2.45, 2.75) is 13.5 Å². The molecule has 1 heterocycles. The molecule has 1 aromatic heterocycles. The zero-order chi connectivity index (χ0) is 14.0. The average Bonchev–Trinajstić information content (AvgIpc) is 2.41. The van der Waals surface area contributed by atoms with Crippen molar-refractivity contribution in [3.05, 3.63) is 62.0 Å². The highest BCUT2D eigenvalue weighted by molar-refractivity contribution is 9.10. The molecule has 0 bridgehead atoms. The topological polar surface area (TPSA) is 58.7 Å². The van der Waals surface area contributed by atoms with Crippen LogP contribution < -0.4 is 5.56 Å². The van der Waals surface area contributed by atoms with E-state index in [1.54, 1.807) is 19.1 Å². The SMILES string of the molecule is Cc1ncc(Br)c(=O)n1Cc1ccc(F)c(C#N)c1. The van der Waals surface area contributed by atoms with E-state index < -0.39 is 5.82 Å². The van der Waals surface area contributed by atoms with Crippen LogP contribution in [0.4, 0.5) is 4.39 Å². The van der Waals surface area contributed by atoms with Gasteiger partial charge in [-0.05, 0) is 40.5 Å². The highest BCUT2D eigenvalue weighted by Gasteiger charge is 2.08. The predicted octanol–water partition coefficient (Wildman–Crippen LogP) is 2.37. The van der Waals surface area contributed by atoms with Crippen LogP contribution in [0.15, 0.2) is 33.7 Å². The van der Waals surface area contributed by atoms with Gasteiger partial charge in [-0.25, -0.2) is 9.37 Å². The third kappa shape index (κ3) is 2.71. The summed E-state index contributed by atoms with van der Waals surface area (Å²) >= 11 is 3.13. The van der Waals surface area contributed by atoms with Crippen molar-refractivity contribution >= 4 is 15.9 Å². The highest BCUT2D eigenvalue weighted by atomic mass is 79.9. The van der Waals surface area contributed by atoms with Crippen LogP contribution >= 0.6 is 15.9 Å². The van der Waals surface area contributed by atoms with Crippen LogP contribution in [0, 0.1) is 24.1 Å². The second-order valence-corrected chi connectivity index (χ2v) is 4.82. The molecule has 4 nitrogen and oxygen atoms in total. The van der Waals surface area contributed by atoms with E-state index in [0.29, 0.717) is 15.9 Å². The molecule has 0 radical (unpaired) electrons. The van der Waals surface area contributed by atoms with Crippen molar-refractivity contribution in [3.63, 3.8) is 0 Å². The number of rotatable bonds is 2. The van der Waals surface area contributed by atoms with Crippen LogP contribution in [-0.4, -0.2) is 9.55 Å². The standard InChI is InChI=1S/C13H9BrFN3O/c1-8-17-6-11(14)13(19)18(8)7-9-2-3-12(15)10(4-9)5-16/h2-4,6H,7H2,1H3. The van der Waals surface area contributed by atoms with Crippen LogP contribution in [0.25, 0.3) is 0 Å². The third-order valence-corrected chi connectivity index (χ3v) is 3.24. The Kier molecular flexibility index (Phi) is 3.76. The van der Waals surface area contributed by atoms with E-state index in [4.69, 9.17) is 5.26 Å². The van der Waals surface area contributed by atoms with Crippen LogP contribution in [0.1, 0.15) is 17.0 Å². The van der Waals surface area contributed by atoms with E-state index in [1.165, 1.54) is 22.9 Å². The minimum Gasteiger partial charge on any atom is -0.291 e. The highest BCUT2D eigenvalue weighted by Crippen LogP contribution is 2.11. The maximum absolute atomic E-state index is 13.2. The van der Waals surface area contributed by atoms with E-state index >= 15 is 0 Å². The fourth-order valence-corrected chi connectivity index (χ4v) is 1.99. The van der Waals surface area contributed by atoms with Crippen molar-refractivity contribution in [1.82, 2.24) is 9.55 Å². The zero-order valence-corrected chi connectivity index (χ0v) is 11.6. The largest absolute Gasteiger partial charge is 0.291 e. The Balaban J connectivity index is 2.46. The monoisotopic (exact) mass is 321 g/mol. The summed E-state index contributed by atoms with van der Waals surface area (Å²) in [5.41, 5.74) is 0.421. The van der Waals surface area contributed by atoms with Crippen LogP contribution in [-0.2, 0) is 6.54 Å². The molecular weight excluding hydrogens is 313 g/mol. The van der Waals surface area contributed by atoms with Gasteiger partial charge in [0.25, 0.3) is 5.56 Å². The summed E-state index contributed by atoms with van der Waals surface area (Å²) in [6.45, 7) is 1.95. The number of hydrogen-bond donors (Lipinski definition) is 0. The Labute approximate surface area is 117 Å². The van der Waals surface area contributed by atoms with E-state index in [2.05, 4.69) is 20.9 Å². The second-order valence-electron chi connectivity index (χ2n) is 3.97. The molecule has 0 amide bonds. The second kappa shape index (κ2) is 5.33. The van der Waals surface area contributed by atoms with Gasteiger partial charge in [-0.3, -0.25) is 9.36 Å². The summed E-state index contributed by atoms with van der Waals surface area (Å²) in [6, 6.07) is 5.97. The molecule has 0 aliphatic carbocycles. The molecule has 19 heavy (non-hydrogen) atoms. The molecule has 96 valence electrons. The fourth-order valence-electron chi connectivity index (χ4n) is 1.68. The van der Waals surface area contributed by atoms with Gasteiger partial charge in [-0.2, -0.15) is 5.26 Å². The van der Waals surface area contributed by atoms with Gasteiger partial charge in [0.2, 0.25) is 0 Å². The summed E-state index contributed by atoms with van der Waals surface area (Å²) in [5.74, 6) is -0.0151. The number of nitrogens with zero attached hydrogens (tertiary/aromatic N) is 3. The Morgan fingerprint density at radius 3 is 2.95 bits per heavy atom. The van der Waals surface area contributed by atoms with Crippen LogP contribution in [0.3, 0.4) is 0 Å². The maximum Gasteiger partial charge on any atom is 0.268 e. The number of halogens is 2. The van der Waals surface area contributed by atoms with Crippen molar-refractivity contribution in [2.75, 3.05) is 0 Å². The van der Waals surface area contributed by atoms with Gasteiger partial charge in [0.1, 0.15) is 22.2 Å². The zero-order valence-electron chi connectivity index (χ0n) is 10.0. The summed E-state index contributed by atoms with van der Waals surface area (Å²) in [7, 11) is 0. The predicted molar refractivity (Wildman–Crippen MR) is 71.2 cm³/mol. The summed E-state index contributed by atoms with van der Waals surface area (Å²) in [4.78, 5) is 16.0. The van der Waals surface area contributed by atoms with Gasteiger partial charge < -0.3 is 0 Å². The molecule has 1 aromatic carbocycles. The quantitative estimate of drug-likeness (QED) is 0.853. The Hall–Kier alpha value is -2.00. The molecule has 0 spiro atoms. The Bertz CT molecular complexity index is 734. The Morgan fingerprint density at radius 1 is 1.53 bits per heavy atom. The van der Waals surface area contributed by atoms with Crippen molar-refractivity contribution in [1.29, 1.82) is 5.26 Å². The van der Waals surface area contributed by atoms with E-state index in [1.807, 2.05) is 0 Å². The van der Waals surface area contributed by atoms with Gasteiger partial charge in [0.15, 0.2) is 0 Å². The fraction of sp³-hybridized carbons (Fsp3) is 0.154. The summed E-state index contributed by atoms with van der Waals surface area (Å²) in [5, 5.41) is 8.78. The van der Waals surface area contributed by atoms with Crippen LogP contribution in [0.2, 0.25) is 0 Å². The first-order chi connectivity index (χ1) is 9.02. The van der Waals surface area contributed by atoms with Gasteiger partial charge >= 0.3 is 0 Å². The summed E-state index contributed by atoms with van der Waals surface area (Å²) < 4.78 is 15.0. The number of hydrogen-bond acceptors (Lipinski definition) is 3. The molecular formula is C13H9BrFN3O. The number of aromatic nitrogens is 2. The van der Waals surface area contributed by atoms with Gasteiger partial charge in [0, 0.05) is 6.20 Å². The average molecular weight is 322 g/mol. The molecule has 2 rings (SSSR count). The maximum atomic E-state index is 13.2. The van der Waals surface area contributed by atoms with Gasteiger partial charge in [-0.1, -0.05) is 6.07 Å². The van der Waals surface area contributed by atoms with Crippen molar-refractivity contribution in [2.24, 2.45) is 0 Å². The molecule has 2 aromatic rings. The van der Waals surface area contributed by atoms with Crippen LogP contribution in [0.5, 0.6) is 0 Å². The number of nitriles is 1.